The van der Waals surface area contributed by atoms with Gasteiger partial charge in [-0.05, 0) is 100 Å². The second kappa shape index (κ2) is 12.6. The van der Waals surface area contributed by atoms with Crippen LogP contribution in [0.25, 0.3) is 0 Å². The summed E-state index contributed by atoms with van der Waals surface area (Å²) in [4.78, 5) is 36.6. The van der Waals surface area contributed by atoms with Gasteiger partial charge in [0.25, 0.3) is 5.91 Å². The van der Waals surface area contributed by atoms with Gasteiger partial charge in [0.15, 0.2) is 0 Å². The van der Waals surface area contributed by atoms with E-state index in [1.807, 2.05) is 19.1 Å². The number of pyridine rings is 1. The molecule has 234 valence electrons. The number of nitrogens with zero attached hydrogens (tertiary/aromatic N) is 3. The average molecular weight is 610 g/mol. The minimum absolute atomic E-state index is 0.0416. The number of furan rings is 1. The van der Waals surface area contributed by atoms with Gasteiger partial charge in [0, 0.05) is 18.5 Å². The van der Waals surface area contributed by atoms with Crippen LogP contribution in [0.15, 0.2) is 62.6 Å². The molecule has 2 aromatic heterocycles. The highest BCUT2D eigenvalue weighted by molar-refractivity contribution is 6.00. The van der Waals surface area contributed by atoms with Crippen molar-refractivity contribution >= 4 is 23.8 Å². The first-order valence-electron chi connectivity index (χ1n) is 15.2. The highest BCUT2D eigenvalue weighted by atomic mass is 19.4. The van der Waals surface area contributed by atoms with Crippen molar-refractivity contribution in [2.45, 2.75) is 84.9 Å². The van der Waals surface area contributed by atoms with E-state index in [0.29, 0.717) is 30.5 Å². The van der Waals surface area contributed by atoms with Gasteiger partial charge in [0.1, 0.15) is 5.76 Å². The molecule has 0 radical (unpaired) electrons. The Hall–Kier alpha value is -3.95. The predicted molar refractivity (Wildman–Crippen MR) is 161 cm³/mol. The summed E-state index contributed by atoms with van der Waals surface area (Å²) in [5.74, 6) is -2.27. The number of allylic oxidation sites excluding steroid dienone is 5. The Labute approximate surface area is 255 Å². The number of fused-ring (bicyclic) bond motifs is 1. The maximum atomic E-state index is 14.1. The molecule has 1 atom stereocenters. The van der Waals surface area contributed by atoms with Crippen LogP contribution in [0.3, 0.4) is 0 Å². The Morgan fingerprint density at radius 3 is 2.52 bits per heavy atom. The quantitative estimate of drug-likeness (QED) is 0.311. The number of halogens is 3. The molecule has 1 amide bonds. The van der Waals surface area contributed by atoms with Gasteiger partial charge in [-0.25, -0.2) is 0 Å². The summed E-state index contributed by atoms with van der Waals surface area (Å²) >= 11 is 0. The Balaban J connectivity index is 1.44. The molecule has 5 rings (SSSR count). The van der Waals surface area contributed by atoms with Gasteiger partial charge in [-0.15, -0.1) is 0 Å². The standard InChI is InChI=1S/C34H38F3N3O4/c1-4-25-18-27(30-28(39-25)9-6-16-38-30)31(41)40(20-26-14-15-29(44-26)34(35,36)37)19-21-10-12-22(13-11-21)23-7-5-8-24(17-23)33(2,3)32(42)43/h10,12,14-18,24H,4-9,11,13,19-20H2,1-3H3,(H,42,43). The van der Waals surface area contributed by atoms with Crippen molar-refractivity contribution in [2.24, 2.45) is 16.3 Å². The molecule has 2 aromatic rings. The topological polar surface area (TPSA) is 96.0 Å². The van der Waals surface area contributed by atoms with Crippen LogP contribution >= 0.6 is 0 Å². The average Bonchev–Trinajstić information content (AvgIpc) is 3.49. The number of carboxylic acid groups (broad SMARTS) is 1. The van der Waals surface area contributed by atoms with Crippen molar-refractivity contribution in [3.63, 3.8) is 0 Å². The number of amides is 1. The van der Waals surface area contributed by atoms with Crippen molar-refractivity contribution in [3.05, 3.63) is 81.6 Å². The fourth-order valence-electron chi connectivity index (χ4n) is 6.08. The van der Waals surface area contributed by atoms with E-state index in [9.17, 15) is 27.9 Å². The van der Waals surface area contributed by atoms with Gasteiger partial charge in [-0.2, -0.15) is 13.2 Å². The van der Waals surface area contributed by atoms with Crippen LogP contribution in [0.2, 0.25) is 0 Å². The highest BCUT2D eigenvalue weighted by Gasteiger charge is 2.37. The third-order valence-corrected chi connectivity index (χ3v) is 8.90. The SMILES string of the molecule is CCc1cc(C(=O)N(CC2=CC=C(C3=CC(C(C)(C)C(=O)O)CCC3)CC2)Cc2ccc(C(F)(F)F)o2)c2c(n1)CCC=N2. The number of alkyl halides is 3. The van der Waals surface area contributed by atoms with E-state index in [1.165, 1.54) is 16.5 Å². The fraction of sp³-hybridized carbons (Fsp3) is 0.471. The number of carboxylic acids is 1. The maximum Gasteiger partial charge on any atom is 0.449 e. The van der Waals surface area contributed by atoms with Crippen molar-refractivity contribution in [1.29, 1.82) is 0 Å². The summed E-state index contributed by atoms with van der Waals surface area (Å²) in [6, 6.07) is 3.88. The minimum Gasteiger partial charge on any atom is -0.481 e. The summed E-state index contributed by atoms with van der Waals surface area (Å²) in [7, 11) is 0. The highest BCUT2D eigenvalue weighted by Crippen LogP contribution is 2.40. The van der Waals surface area contributed by atoms with E-state index in [1.54, 1.807) is 26.1 Å². The summed E-state index contributed by atoms with van der Waals surface area (Å²) in [5.41, 5.74) is 4.85. The number of aromatic nitrogens is 1. The zero-order valence-electron chi connectivity index (χ0n) is 25.3. The molecule has 0 fully saturated rings. The number of hydrogen-bond donors (Lipinski definition) is 1. The molecular weight excluding hydrogens is 571 g/mol. The van der Waals surface area contributed by atoms with E-state index in [2.05, 4.69) is 16.1 Å². The number of aliphatic imine (C=N–C) groups is 1. The molecule has 44 heavy (non-hydrogen) atoms. The third-order valence-electron chi connectivity index (χ3n) is 8.90. The predicted octanol–water partition coefficient (Wildman–Crippen LogP) is 8.03. The Kier molecular flexibility index (Phi) is 9.00. The van der Waals surface area contributed by atoms with Crippen LogP contribution in [0.5, 0.6) is 0 Å². The van der Waals surface area contributed by atoms with Crippen LogP contribution in [0.4, 0.5) is 18.9 Å². The van der Waals surface area contributed by atoms with E-state index in [-0.39, 0.29) is 30.7 Å². The van der Waals surface area contributed by atoms with Gasteiger partial charge in [-0.3, -0.25) is 19.6 Å². The van der Waals surface area contributed by atoms with Gasteiger partial charge in [0.2, 0.25) is 5.76 Å². The molecule has 7 nitrogen and oxygen atoms in total. The summed E-state index contributed by atoms with van der Waals surface area (Å²) in [6.07, 6.45) is 9.32. The van der Waals surface area contributed by atoms with E-state index >= 15 is 0 Å². The smallest absolute Gasteiger partial charge is 0.449 e. The van der Waals surface area contributed by atoms with Crippen LogP contribution in [-0.4, -0.2) is 39.6 Å². The monoisotopic (exact) mass is 609 g/mol. The molecular formula is C34H38F3N3O4. The van der Waals surface area contributed by atoms with E-state index in [4.69, 9.17) is 4.42 Å². The first kappa shape index (κ1) is 31.5. The maximum absolute atomic E-state index is 14.1. The molecule has 10 heteroatoms. The van der Waals surface area contributed by atoms with Gasteiger partial charge in [0.05, 0.1) is 28.9 Å². The lowest BCUT2D eigenvalue weighted by Crippen LogP contribution is -2.33. The van der Waals surface area contributed by atoms with Crippen LogP contribution in [0, 0.1) is 11.3 Å². The van der Waals surface area contributed by atoms with Crippen LogP contribution in [-0.2, 0) is 30.4 Å². The molecule has 1 N–H and O–H groups in total. The lowest BCUT2D eigenvalue weighted by Gasteiger charge is -2.33. The number of carbonyl (C=O) groups is 2. The van der Waals surface area contributed by atoms with Gasteiger partial charge in [-0.1, -0.05) is 30.7 Å². The van der Waals surface area contributed by atoms with Gasteiger partial charge >= 0.3 is 12.1 Å². The number of carbonyl (C=O) groups excluding carboxylic acids is 1. The molecule has 1 aliphatic heterocycles. The van der Waals surface area contributed by atoms with Gasteiger partial charge < -0.3 is 14.4 Å². The minimum atomic E-state index is -4.62. The Morgan fingerprint density at radius 2 is 1.86 bits per heavy atom. The second-order valence-electron chi connectivity index (χ2n) is 12.3. The zero-order valence-corrected chi connectivity index (χ0v) is 25.3. The molecule has 0 saturated heterocycles. The van der Waals surface area contributed by atoms with E-state index in [0.717, 1.165) is 60.7 Å². The van der Waals surface area contributed by atoms with Crippen LogP contribution < -0.4 is 0 Å². The second-order valence-corrected chi connectivity index (χ2v) is 12.3. The molecule has 0 saturated carbocycles. The number of aliphatic carboxylic acids is 1. The van der Waals surface area contributed by atoms with Crippen molar-refractivity contribution in [1.82, 2.24) is 9.88 Å². The molecule has 1 unspecified atom stereocenters. The third kappa shape index (κ3) is 6.74. The normalized spacial score (nSPS) is 18.7. The number of hydrogen-bond acceptors (Lipinski definition) is 5. The lowest BCUT2D eigenvalue weighted by molar-refractivity contribution is -0.153. The summed E-state index contributed by atoms with van der Waals surface area (Å²) in [6.45, 7) is 5.56. The molecule has 3 aliphatic rings. The fourth-order valence-corrected chi connectivity index (χ4v) is 6.08. The lowest BCUT2D eigenvalue weighted by atomic mass is 9.71. The van der Waals surface area contributed by atoms with E-state index < -0.39 is 23.3 Å². The summed E-state index contributed by atoms with van der Waals surface area (Å²) < 4.78 is 45.0. The summed E-state index contributed by atoms with van der Waals surface area (Å²) in [5, 5.41) is 9.72. The largest absolute Gasteiger partial charge is 0.481 e. The first-order chi connectivity index (χ1) is 20.9. The van der Waals surface area contributed by atoms with Crippen molar-refractivity contribution in [2.75, 3.05) is 6.54 Å². The van der Waals surface area contributed by atoms with Crippen molar-refractivity contribution in [3.8, 4) is 0 Å². The number of rotatable bonds is 9. The molecule has 0 bridgehead atoms. The molecule has 3 heterocycles. The molecule has 2 aliphatic carbocycles. The first-order valence-corrected chi connectivity index (χ1v) is 15.2. The zero-order chi connectivity index (χ0) is 31.6. The van der Waals surface area contributed by atoms with Crippen molar-refractivity contribution < 1.29 is 32.3 Å². The van der Waals surface area contributed by atoms with Crippen LogP contribution in [0.1, 0.15) is 92.6 Å². The Morgan fingerprint density at radius 1 is 1.07 bits per heavy atom. The molecule has 0 spiro atoms. The Bertz CT molecular complexity index is 1560. The number of aryl methyl sites for hydroxylation is 2. The molecule has 0 aromatic carbocycles.